The van der Waals surface area contributed by atoms with Gasteiger partial charge < -0.3 is 39.0 Å². The van der Waals surface area contributed by atoms with Crippen molar-refractivity contribution in [3.63, 3.8) is 0 Å². The Labute approximate surface area is 442 Å². The third kappa shape index (κ3) is 39.3. The summed E-state index contributed by atoms with van der Waals surface area (Å²) in [5.41, 5.74) is 0. The van der Waals surface area contributed by atoms with E-state index in [1.807, 2.05) is 12.2 Å². The van der Waals surface area contributed by atoms with Gasteiger partial charge in [-0.2, -0.15) is 0 Å². The normalized spacial score (nSPS) is 18.8. The van der Waals surface area contributed by atoms with Gasteiger partial charge in [0.2, 0.25) is 0 Å². The summed E-state index contributed by atoms with van der Waals surface area (Å²) in [4.78, 5) is 51.0. The van der Waals surface area contributed by atoms with E-state index in [4.69, 9.17) is 23.7 Å². The molecule has 3 N–H and O–H groups in total. The number of hydrogen-bond donors (Lipinski definition) is 3. The Morgan fingerprint density at radius 3 is 1.38 bits per heavy atom. The molecule has 1 fully saturated rings. The first kappa shape index (κ1) is 67.2. The van der Waals surface area contributed by atoms with E-state index in [1.165, 1.54) is 77.0 Å². The van der Waals surface area contributed by atoms with Gasteiger partial charge in [0.15, 0.2) is 24.6 Å². The van der Waals surface area contributed by atoms with Crippen LogP contribution in [0.4, 0.5) is 0 Å². The smallest absolute Gasteiger partial charge is 0.335 e. The van der Waals surface area contributed by atoms with Gasteiger partial charge in [-0.3, -0.25) is 14.4 Å². The first-order valence-electron chi connectivity index (χ1n) is 28.9. The monoisotopic (exact) mass is 1030 g/mol. The topological polar surface area (TPSA) is 175 Å². The third-order valence-corrected chi connectivity index (χ3v) is 12.8. The molecule has 1 rings (SSSR count). The number of hydrogen-bond acceptors (Lipinski definition) is 11. The van der Waals surface area contributed by atoms with Crippen LogP contribution in [0.15, 0.2) is 72.9 Å². The van der Waals surface area contributed by atoms with Crippen LogP contribution >= 0.6 is 0 Å². The summed E-state index contributed by atoms with van der Waals surface area (Å²) in [5, 5.41) is 31.4. The van der Waals surface area contributed by atoms with Crippen LogP contribution in [0.5, 0.6) is 0 Å². The second kappa shape index (κ2) is 49.1. The molecule has 1 aliphatic heterocycles. The van der Waals surface area contributed by atoms with Gasteiger partial charge in [0, 0.05) is 19.3 Å². The summed E-state index contributed by atoms with van der Waals surface area (Å²) in [6, 6.07) is 0. The first-order chi connectivity index (χ1) is 35.6. The molecule has 73 heavy (non-hydrogen) atoms. The molecule has 1 aliphatic rings. The molecule has 418 valence electrons. The van der Waals surface area contributed by atoms with Crippen LogP contribution in [0, 0.1) is 0 Å². The Kier molecular flexibility index (Phi) is 45.1. The van der Waals surface area contributed by atoms with Crippen molar-refractivity contribution in [3.8, 4) is 0 Å². The Hall–Kier alpha value is -3.84. The average molecular weight is 1030 g/mol. The average Bonchev–Trinajstić information content (AvgIpc) is 3.37. The number of esters is 3. The SMILES string of the molecule is CC/C=C\C/C=C\C/C=C\C/C=C\CCC(=O)OCC(COC1OC(C(=O)O)C(O)C(O)C1OC(=O)CCCCCCCCC/C=C\CCCCCCCC)OC(=O)CCCCCCC/C=C\CCCCCC. The molecule has 12 heteroatoms. The molecular weight excluding hydrogens is 925 g/mol. The van der Waals surface area contributed by atoms with Crippen LogP contribution in [0.25, 0.3) is 0 Å². The van der Waals surface area contributed by atoms with E-state index >= 15 is 0 Å². The zero-order valence-corrected chi connectivity index (χ0v) is 45.9. The summed E-state index contributed by atoms with van der Waals surface area (Å²) < 4.78 is 28.3. The van der Waals surface area contributed by atoms with Crippen molar-refractivity contribution in [1.29, 1.82) is 0 Å². The number of aliphatic carboxylic acids is 1. The van der Waals surface area contributed by atoms with Crippen molar-refractivity contribution >= 4 is 23.9 Å². The van der Waals surface area contributed by atoms with Crippen LogP contribution in [-0.4, -0.2) is 89.2 Å². The summed E-state index contributed by atoms with van der Waals surface area (Å²) in [6.45, 7) is 5.78. The quantitative estimate of drug-likeness (QED) is 0.0228. The Bertz CT molecular complexity index is 1550. The van der Waals surface area contributed by atoms with E-state index in [9.17, 15) is 34.5 Å². The highest BCUT2D eigenvalue weighted by Gasteiger charge is 2.50. The molecule has 12 nitrogen and oxygen atoms in total. The van der Waals surface area contributed by atoms with Crippen molar-refractivity contribution in [2.45, 2.75) is 276 Å². The minimum absolute atomic E-state index is 0.0468. The van der Waals surface area contributed by atoms with E-state index < -0.39 is 67.3 Å². The number of rotatable bonds is 48. The predicted molar refractivity (Wildman–Crippen MR) is 294 cm³/mol. The molecule has 1 heterocycles. The molecule has 6 unspecified atom stereocenters. The van der Waals surface area contributed by atoms with Crippen LogP contribution in [-0.2, 0) is 42.9 Å². The highest BCUT2D eigenvalue weighted by atomic mass is 16.7. The lowest BCUT2D eigenvalue weighted by molar-refractivity contribution is -0.301. The van der Waals surface area contributed by atoms with Crippen molar-refractivity contribution in [1.82, 2.24) is 0 Å². The standard InChI is InChI=1S/C61H102O12/c1-4-7-10-13-16-19-22-25-26-27-28-31-34-37-40-43-46-49-55(64)72-59-57(66)56(65)58(60(67)68)73-61(59)70-51-52(71-54(63)48-45-42-39-36-33-30-24-21-18-15-12-9-6-3)50-69-53(62)47-44-41-38-35-32-29-23-20-17-14-11-8-5-2/h8,11,17,20-21,24-26,29,32,38,41,52,56-59,61,65-66H,4-7,9-10,12-16,18-19,22-23,27-28,30-31,33-37,39-40,42-51H2,1-3H3,(H,67,68)/b11-8-,20-17-,24-21-,26-25-,32-29-,41-38-. The molecule has 0 bridgehead atoms. The van der Waals surface area contributed by atoms with Crippen LogP contribution in [0.3, 0.4) is 0 Å². The van der Waals surface area contributed by atoms with Crippen molar-refractivity contribution in [2.75, 3.05) is 13.2 Å². The molecule has 1 saturated heterocycles. The molecule has 6 atom stereocenters. The molecule has 0 aromatic carbocycles. The predicted octanol–water partition coefficient (Wildman–Crippen LogP) is 14.6. The van der Waals surface area contributed by atoms with Gasteiger partial charge in [0.25, 0.3) is 0 Å². The summed E-state index contributed by atoms with van der Waals surface area (Å²) in [5.74, 6) is -3.24. The number of carboxylic acids is 1. The number of ether oxygens (including phenoxy) is 5. The zero-order valence-electron chi connectivity index (χ0n) is 45.9. The van der Waals surface area contributed by atoms with E-state index in [1.54, 1.807) is 0 Å². The van der Waals surface area contributed by atoms with Gasteiger partial charge in [-0.25, -0.2) is 4.79 Å². The van der Waals surface area contributed by atoms with Gasteiger partial charge >= 0.3 is 23.9 Å². The van der Waals surface area contributed by atoms with E-state index in [-0.39, 0.29) is 25.9 Å². The van der Waals surface area contributed by atoms with Gasteiger partial charge in [-0.15, -0.1) is 0 Å². The van der Waals surface area contributed by atoms with Crippen LogP contribution < -0.4 is 0 Å². The third-order valence-electron chi connectivity index (χ3n) is 12.8. The molecule has 0 radical (unpaired) electrons. The van der Waals surface area contributed by atoms with Gasteiger partial charge in [-0.1, -0.05) is 196 Å². The summed E-state index contributed by atoms with van der Waals surface area (Å²) >= 11 is 0. The number of aliphatic hydroxyl groups excluding tert-OH is 2. The summed E-state index contributed by atoms with van der Waals surface area (Å²) in [6.07, 6.45) is 48.9. The van der Waals surface area contributed by atoms with Crippen LogP contribution in [0.2, 0.25) is 0 Å². The Morgan fingerprint density at radius 2 is 0.890 bits per heavy atom. The minimum Gasteiger partial charge on any atom is -0.479 e. The van der Waals surface area contributed by atoms with Gasteiger partial charge in [0.1, 0.15) is 18.8 Å². The van der Waals surface area contributed by atoms with E-state index in [2.05, 4.69) is 81.5 Å². The number of allylic oxidation sites excluding steroid dienone is 12. The number of carboxylic acid groups (broad SMARTS) is 1. The minimum atomic E-state index is -1.91. The lowest BCUT2D eigenvalue weighted by atomic mass is 9.98. The lowest BCUT2D eigenvalue weighted by Crippen LogP contribution is -2.61. The van der Waals surface area contributed by atoms with Gasteiger partial charge in [0.05, 0.1) is 6.61 Å². The number of carbonyl (C=O) groups excluding carboxylic acids is 3. The maximum Gasteiger partial charge on any atom is 0.335 e. The molecular formula is C61H102O12. The fourth-order valence-corrected chi connectivity index (χ4v) is 8.31. The number of unbranched alkanes of at least 4 members (excludes halogenated alkanes) is 22. The molecule has 0 aliphatic carbocycles. The fraction of sp³-hybridized carbons (Fsp3) is 0.738. The second-order valence-corrected chi connectivity index (χ2v) is 19.5. The molecule has 0 spiro atoms. The van der Waals surface area contributed by atoms with Crippen molar-refractivity contribution in [3.05, 3.63) is 72.9 Å². The lowest BCUT2D eigenvalue weighted by Gasteiger charge is -2.40. The summed E-state index contributed by atoms with van der Waals surface area (Å²) in [7, 11) is 0. The molecule has 0 saturated carbocycles. The van der Waals surface area contributed by atoms with E-state index in [0.29, 0.717) is 19.3 Å². The van der Waals surface area contributed by atoms with Crippen molar-refractivity contribution < 1.29 is 58.2 Å². The molecule has 0 amide bonds. The maximum atomic E-state index is 13.1. The Morgan fingerprint density at radius 1 is 0.466 bits per heavy atom. The highest BCUT2D eigenvalue weighted by Crippen LogP contribution is 2.26. The first-order valence-corrected chi connectivity index (χ1v) is 28.9. The number of carbonyl (C=O) groups is 4. The van der Waals surface area contributed by atoms with Gasteiger partial charge in [-0.05, 0) is 96.3 Å². The maximum absolute atomic E-state index is 13.1. The van der Waals surface area contributed by atoms with E-state index in [0.717, 1.165) is 103 Å². The fourth-order valence-electron chi connectivity index (χ4n) is 8.31. The second-order valence-electron chi connectivity index (χ2n) is 19.5. The Balaban J connectivity index is 2.73. The zero-order chi connectivity index (χ0) is 53.3. The van der Waals surface area contributed by atoms with Crippen LogP contribution in [0.1, 0.15) is 239 Å². The molecule has 0 aromatic rings. The molecule has 0 aromatic heterocycles. The number of aliphatic hydroxyl groups is 2. The highest BCUT2D eigenvalue weighted by molar-refractivity contribution is 5.74. The largest absolute Gasteiger partial charge is 0.479 e. The van der Waals surface area contributed by atoms with Crippen molar-refractivity contribution in [2.24, 2.45) is 0 Å².